The Balaban J connectivity index is 4.30. The third kappa shape index (κ3) is 7.24. The number of nitrogens with zero attached hydrogens (tertiary/aromatic N) is 1. The lowest BCUT2D eigenvalue weighted by Crippen LogP contribution is -2.38. The number of carbonyl (C=O) groups excluding carboxylic acids is 1. The van der Waals surface area contributed by atoms with E-state index in [0.717, 1.165) is 19.4 Å². The van der Waals surface area contributed by atoms with E-state index in [1.165, 1.54) is 0 Å². The molecule has 1 amide bonds. The van der Waals surface area contributed by atoms with Gasteiger partial charge in [-0.2, -0.15) is 0 Å². The molecule has 0 spiro atoms. The fourth-order valence-electron chi connectivity index (χ4n) is 1.32. The van der Waals surface area contributed by atoms with Gasteiger partial charge in [-0.15, -0.1) is 0 Å². The molecule has 3 nitrogen and oxygen atoms in total. The van der Waals surface area contributed by atoms with Crippen LogP contribution in [-0.4, -0.2) is 29.7 Å². The summed E-state index contributed by atoms with van der Waals surface area (Å²) in [6.45, 7) is 15.8. The van der Waals surface area contributed by atoms with Crippen molar-refractivity contribution in [2.24, 2.45) is 5.41 Å². The van der Waals surface area contributed by atoms with Gasteiger partial charge in [0.15, 0.2) is 0 Å². The Hall–Kier alpha value is -0.730. The molecule has 17 heavy (non-hydrogen) atoms. The summed E-state index contributed by atoms with van der Waals surface area (Å²) < 4.78 is 5.38. The first-order valence-corrected chi connectivity index (χ1v) is 6.59. The topological polar surface area (TPSA) is 29.5 Å². The van der Waals surface area contributed by atoms with Crippen LogP contribution < -0.4 is 0 Å². The molecular formula is C14H29NO2. The molecule has 0 fully saturated rings. The van der Waals surface area contributed by atoms with Gasteiger partial charge in [-0.25, -0.2) is 4.79 Å². The first-order valence-electron chi connectivity index (χ1n) is 6.59. The van der Waals surface area contributed by atoms with Crippen LogP contribution in [0.3, 0.4) is 0 Å². The highest BCUT2D eigenvalue weighted by molar-refractivity contribution is 5.68. The number of ether oxygens (including phenoxy) is 1. The SMILES string of the molecule is CCN(CCC(C)(C)CC)C(=O)OC(C)(C)C. The highest BCUT2D eigenvalue weighted by Crippen LogP contribution is 2.24. The molecule has 0 aliphatic rings. The Morgan fingerprint density at radius 1 is 1.12 bits per heavy atom. The molecule has 102 valence electrons. The maximum absolute atomic E-state index is 11.9. The van der Waals surface area contributed by atoms with Crippen LogP contribution in [0.25, 0.3) is 0 Å². The van der Waals surface area contributed by atoms with Gasteiger partial charge in [-0.05, 0) is 39.5 Å². The molecule has 0 aliphatic heterocycles. The third-order valence-corrected chi connectivity index (χ3v) is 3.05. The molecule has 0 aromatic rings. The number of hydrogen-bond donors (Lipinski definition) is 0. The molecule has 0 aromatic heterocycles. The fraction of sp³-hybridized carbons (Fsp3) is 0.929. The molecule has 0 bridgehead atoms. The summed E-state index contributed by atoms with van der Waals surface area (Å²) in [4.78, 5) is 13.7. The lowest BCUT2D eigenvalue weighted by Gasteiger charge is -2.30. The van der Waals surface area contributed by atoms with Crippen LogP contribution in [-0.2, 0) is 4.74 Å². The quantitative estimate of drug-likeness (QED) is 0.728. The van der Waals surface area contributed by atoms with Crippen molar-refractivity contribution in [3.63, 3.8) is 0 Å². The number of rotatable bonds is 5. The van der Waals surface area contributed by atoms with Crippen molar-refractivity contribution in [3.05, 3.63) is 0 Å². The molecule has 0 atom stereocenters. The second-order valence-electron chi connectivity index (χ2n) is 6.33. The average molecular weight is 243 g/mol. The fourth-order valence-corrected chi connectivity index (χ4v) is 1.32. The van der Waals surface area contributed by atoms with Crippen LogP contribution in [0.1, 0.15) is 61.3 Å². The number of carbonyl (C=O) groups is 1. The zero-order chi connectivity index (χ0) is 13.7. The second-order valence-corrected chi connectivity index (χ2v) is 6.33. The molecule has 0 heterocycles. The van der Waals surface area contributed by atoms with Gasteiger partial charge in [0.25, 0.3) is 0 Å². The molecule has 0 radical (unpaired) electrons. The minimum Gasteiger partial charge on any atom is -0.444 e. The van der Waals surface area contributed by atoms with E-state index >= 15 is 0 Å². The van der Waals surface area contributed by atoms with E-state index in [9.17, 15) is 4.79 Å². The zero-order valence-electron chi connectivity index (χ0n) is 12.6. The maximum atomic E-state index is 11.9. The highest BCUT2D eigenvalue weighted by atomic mass is 16.6. The molecule has 3 heteroatoms. The summed E-state index contributed by atoms with van der Waals surface area (Å²) in [6.07, 6.45) is 1.93. The van der Waals surface area contributed by atoms with Crippen molar-refractivity contribution in [2.75, 3.05) is 13.1 Å². The third-order valence-electron chi connectivity index (χ3n) is 3.05. The van der Waals surface area contributed by atoms with Crippen LogP contribution in [0.15, 0.2) is 0 Å². The average Bonchev–Trinajstić information content (AvgIpc) is 2.15. The Labute approximate surface area is 107 Å². The predicted octanol–water partition coefficient (Wildman–Crippen LogP) is 4.07. The van der Waals surface area contributed by atoms with Crippen molar-refractivity contribution >= 4 is 6.09 Å². The predicted molar refractivity (Wildman–Crippen MR) is 72.2 cm³/mol. The monoisotopic (exact) mass is 243 g/mol. The minimum atomic E-state index is -0.412. The second kappa shape index (κ2) is 6.27. The molecule has 0 N–H and O–H groups in total. The van der Waals surface area contributed by atoms with E-state index in [1.54, 1.807) is 4.90 Å². The van der Waals surface area contributed by atoms with Crippen molar-refractivity contribution in [2.45, 2.75) is 66.9 Å². The van der Waals surface area contributed by atoms with Gasteiger partial charge in [-0.3, -0.25) is 0 Å². The largest absolute Gasteiger partial charge is 0.444 e. The van der Waals surface area contributed by atoms with Gasteiger partial charge in [0.05, 0.1) is 0 Å². The summed E-state index contributed by atoms with van der Waals surface area (Å²) in [5, 5.41) is 0. The van der Waals surface area contributed by atoms with Crippen molar-refractivity contribution < 1.29 is 9.53 Å². The lowest BCUT2D eigenvalue weighted by atomic mass is 9.86. The van der Waals surface area contributed by atoms with Gasteiger partial charge >= 0.3 is 6.09 Å². The minimum absolute atomic E-state index is 0.202. The van der Waals surface area contributed by atoms with Crippen LogP contribution in [0, 0.1) is 5.41 Å². The summed E-state index contributed by atoms with van der Waals surface area (Å²) in [6, 6.07) is 0. The maximum Gasteiger partial charge on any atom is 0.410 e. The molecule has 0 saturated carbocycles. The van der Waals surface area contributed by atoms with Crippen LogP contribution in [0.4, 0.5) is 4.79 Å². The van der Waals surface area contributed by atoms with Crippen molar-refractivity contribution in [1.82, 2.24) is 4.90 Å². The van der Waals surface area contributed by atoms with Gasteiger partial charge in [-0.1, -0.05) is 27.2 Å². The normalized spacial score (nSPS) is 12.4. The molecule has 0 rings (SSSR count). The molecule has 0 aromatic carbocycles. The molecular weight excluding hydrogens is 214 g/mol. The molecule has 0 unspecified atom stereocenters. The van der Waals surface area contributed by atoms with E-state index in [-0.39, 0.29) is 11.5 Å². The highest BCUT2D eigenvalue weighted by Gasteiger charge is 2.23. The van der Waals surface area contributed by atoms with E-state index in [4.69, 9.17) is 4.74 Å². The Morgan fingerprint density at radius 2 is 1.65 bits per heavy atom. The zero-order valence-corrected chi connectivity index (χ0v) is 12.6. The first kappa shape index (κ1) is 16.3. The van der Waals surface area contributed by atoms with Crippen molar-refractivity contribution in [1.29, 1.82) is 0 Å². The Bertz CT molecular complexity index is 241. The van der Waals surface area contributed by atoms with Crippen LogP contribution in [0.5, 0.6) is 0 Å². The summed E-state index contributed by atoms with van der Waals surface area (Å²) in [5.74, 6) is 0. The van der Waals surface area contributed by atoms with E-state index < -0.39 is 5.60 Å². The number of hydrogen-bond acceptors (Lipinski definition) is 2. The summed E-state index contributed by atoms with van der Waals surface area (Å²) >= 11 is 0. The van der Waals surface area contributed by atoms with E-state index in [1.807, 2.05) is 27.7 Å². The van der Waals surface area contributed by atoms with Crippen LogP contribution >= 0.6 is 0 Å². The summed E-state index contributed by atoms with van der Waals surface area (Å²) in [5.41, 5.74) is -0.125. The Morgan fingerprint density at radius 3 is 2.00 bits per heavy atom. The lowest BCUT2D eigenvalue weighted by molar-refractivity contribution is 0.0240. The standard InChI is InChI=1S/C14H29NO2/c1-8-14(6,7)10-11-15(9-2)12(16)17-13(3,4)5/h8-11H2,1-7H3. The van der Waals surface area contributed by atoms with E-state index in [0.29, 0.717) is 6.54 Å². The van der Waals surface area contributed by atoms with Gasteiger partial charge < -0.3 is 9.64 Å². The van der Waals surface area contributed by atoms with E-state index in [2.05, 4.69) is 20.8 Å². The number of amides is 1. The van der Waals surface area contributed by atoms with Crippen LogP contribution in [0.2, 0.25) is 0 Å². The van der Waals surface area contributed by atoms with Gasteiger partial charge in [0.1, 0.15) is 5.60 Å². The molecule has 0 saturated heterocycles. The molecule has 0 aliphatic carbocycles. The van der Waals surface area contributed by atoms with Gasteiger partial charge in [0.2, 0.25) is 0 Å². The first-order chi connectivity index (χ1) is 7.61. The Kier molecular flexibility index (Phi) is 6.00. The summed E-state index contributed by atoms with van der Waals surface area (Å²) in [7, 11) is 0. The van der Waals surface area contributed by atoms with Gasteiger partial charge in [0, 0.05) is 13.1 Å². The van der Waals surface area contributed by atoms with Crippen molar-refractivity contribution in [3.8, 4) is 0 Å². The smallest absolute Gasteiger partial charge is 0.410 e.